The molecule has 0 saturated heterocycles. The molecule has 0 atom stereocenters. The van der Waals surface area contributed by atoms with E-state index >= 15 is 0 Å². The predicted octanol–water partition coefficient (Wildman–Crippen LogP) is 2.69. The van der Waals surface area contributed by atoms with Crippen molar-refractivity contribution < 1.29 is 9.90 Å². The fourth-order valence-corrected chi connectivity index (χ4v) is 2.22. The van der Waals surface area contributed by atoms with Crippen molar-refractivity contribution in [3.05, 3.63) is 58.9 Å². The summed E-state index contributed by atoms with van der Waals surface area (Å²) >= 11 is 5.96. The molecule has 0 unspecified atom stereocenters. The molecular formula is C15H17ClN2O2. The number of halogens is 1. The molecule has 1 aromatic heterocycles. The molecule has 20 heavy (non-hydrogen) atoms. The summed E-state index contributed by atoms with van der Waals surface area (Å²) < 4.78 is 0. The second kappa shape index (κ2) is 7.12. The van der Waals surface area contributed by atoms with Gasteiger partial charge in [-0.15, -0.1) is 0 Å². The van der Waals surface area contributed by atoms with Crippen molar-refractivity contribution in [1.29, 1.82) is 0 Å². The van der Waals surface area contributed by atoms with Crippen molar-refractivity contribution in [3.63, 3.8) is 0 Å². The van der Waals surface area contributed by atoms with Gasteiger partial charge in [-0.05, 0) is 36.2 Å². The first-order valence-corrected chi connectivity index (χ1v) is 6.86. The molecule has 106 valence electrons. The van der Waals surface area contributed by atoms with Crippen LogP contribution in [0, 0.1) is 0 Å². The topological polar surface area (TPSA) is 56.3 Å². The molecule has 5 heteroatoms. The Morgan fingerprint density at radius 1 is 1.30 bits per heavy atom. The predicted molar refractivity (Wildman–Crippen MR) is 78.7 cm³/mol. The zero-order chi connectivity index (χ0) is 14.4. The van der Waals surface area contributed by atoms with Crippen LogP contribution in [0.4, 0.5) is 0 Å². The van der Waals surface area contributed by atoms with E-state index in [9.17, 15) is 4.79 Å². The first-order chi connectivity index (χ1) is 9.70. The molecule has 0 bridgehead atoms. The van der Waals surface area contributed by atoms with Crippen molar-refractivity contribution in [2.24, 2.45) is 0 Å². The van der Waals surface area contributed by atoms with E-state index in [1.165, 1.54) is 0 Å². The number of hydrogen-bond acceptors (Lipinski definition) is 2. The van der Waals surface area contributed by atoms with E-state index in [2.05, 4.69) is 4.98 Å². The van der Waals surface area contributed by atoms with Gasteiger partial charge >= 0.3 is 0 Å². The van der Waals surface area contributed by atoms with Crippen LogP contribution < -0.4 is 0 Å². The van der Waals surface area contributed by atoms with Gasteiger partial charge in [0.25, 0.3) is 5.91 Å². The summed E-state index contributed by atoms with van der Waals surface area (Å²) in [4.78, 5) is 17.0. The fraction of sp³-hybridized carbons (Fsp3) is 0.267. The van der Waals surface area contributed by atoms with Gasteiger partial charge in [0.1, 0.15) is 5.69 Å². The Morgan fingerprint density at radius 3 is 2.80 bits per heavy atom. The quantitative estimate of drug-likeness (QED) is 0.860. The molecule has 1 aromatic carbocycles. The number of benzene rings is 1. The molecule has 0 aliphatic rings. The van der Waals surface area contributed by atoms with Crippen molar-refractivity contribution in [1.82, 2.24) is 9.88 Å². The van der Waals surface area contributed by atoms with Crippen molar-refractivity contribution in [3.8, 4) is 0 Å². The van der Waals surface area contributed by atoms with E-state index in [4.69, 9.17) is 16.7 Å². The smallest absolute Gasteiger partial charge is 0.270 e. The number of carbonyl (C=O) groups is 1. The van der Waals surface area contributed by atoms with E-state index in [0.717, 1.165) is 5.56 Å². The van der Waals surface area contributed by atoms with Crippen LogP contribution in [0.25, 0.3) is 0 Å². The van der Waals surface area contributed by atoms with Crippen LogP contribution >= 0.6 is 11.6 Å². The Balaban J connectivity index is 2.13. The van der Waals surface area contributed by atoms with Crippen LogP contribution in [-0.2, 0) is 6.54 Å². The highest BCUT2D eigenvalue weighted by Crippen LogP contribution is 2.14. The minimum Gasteiger partial charge on any atom is -0.396 e. The van der Waals surface area contributed by atoms with E-state index in [1.54, 1.807) is 29.3 Å². The van der Waals surface area contributed by atoms with Crippen LogP contribution in [0.3, 0.4) is 0 Å². The minimum absolute atomic E-state index is 0.0596. The number of nitrogens with one attached hydrogen (secondary N) is 1. The van der Waals surface area contributed by atoms with Gasteiger partial charge in [-0.1, -0.05) is 23.7 Å². The Bertz CT molecular complexity index is 555. The van der Waals surface area contributed by atoms with Gasteiger partial charge in [-0.25, -0.2) is 0 Å². The lowest BCUT2D eigenvalue weighted by molar-refractivity contribution is 0.0727. The molecule has 4 nitrogen and oxygen atoms in total. The van der Waals surface area contributed by atoms with Crippen molar-refractivity contribution in [2.45, 2.75) is 13.0 Å². The number of hydrogen-bond donors (Lipinski definition) is 2. The number of aliphatic hydroxyl groups excluding tert-OH is 1. The van der Waals surface area contributed by atoms with Crippen LogP contribution in [0.2, 0.25) is 5.02 Å². The zero-order valence-corrected chi connectivity index (χ0v) is 11.8. The third kappa shape index (κ3) is 3.85. The second-order valence-corrected chi connectivity index (χ2v) is 4.95. The second-order valence-electron chi connectivity index (χ2n) is 4.52. The van der Waals surface area contributed by atoms with Gasteiger partial charge in [0.2, 0.25) is 0 Å². The molecular weight excluding hydrogens is 276 g/mol. The Morgan fingerprint density at radius 2 is 2.15 bits per heavy atom. The highest BCUT2D eigenvalue weighted by Gasteiger charge is 2.16. The van der Waals surface area contributed by atoms with Crippen LogP contribution in [-0.4, -0.2) is 34.0 Å². The maximum Gasteiger partial charge on any atom is 0.270 e. The van der Waals surface area contributed by atoms with Gasteiger partial charge in [-0.3, -0.25) is 4.79 Å². The summed E-state index contributed by atoms with van der Waals surface area (Å²) in [6.45, 7) is 1.03. The molecule has 1 amide bonds. The lowest BCUT2D eigenvalue weighted by Gasteiger charge is -2.22. The van der Waals surface area contributed by atoms with Crippen molar-refractivity contribution >= 4 is 17.5 Å². The largest absolute Gasteiger partial charge is 0.396 e. The highest BCUT2D eigenvalue weighted by molar-refractivity contribution is 6.30. The monoisotopic (exact) mass is 292 g/mol. The third-order valence-corrected chi connectivity index (χ3v) is 3.20. The lowest BCUT2D eigenvalue weighted by atomic mass is 10.2. The zero-order valence-electron chi connectivity index (χ0n) is 11.1. The van der Waals surface area contributed by atoms with Gasteiger partial charge in [0, 0.05) is 30.9 Å². The van der Waals surface area contributed by atoms with E-state index in [1.807, 2.05) is 18.2 Å². The summed E-state index contributed by atoms with van der Waals surface area (Å²) in [5.41, 5.74) is 1.51. The third-order valence-electron chi connectivity index (χ3n) is 2.96. The molecule has 2 N–H and O–H groups in total. The van der Waals surface area contributed by atoms with Crippen LogP contribution in [0.5, 0.6) is 0 Å². The summed E-state index contributed by atoms with van der Waals surface area (Å²) in [6.07, 6.45) is 2.27. The maximum absolute atomic E-state index is 12.4. The molecule has 0 fully saturated rings. The molecule has 2 aromatic rings. The number of amides is 1. The average molecular weight is 293 g/mol. The number of aromatic nitrogens is 1. The average Bonchev–Trinajstić information content (AvgIpc) is 2.97. The summed E-state index contributed by atoms with van der Waals surface area (Å²) in [7, 11) is 0. The normalized spacial score (nSPS) is 10.5. The van der Waals surface area contributed by atoms with Crippen molar-refractivity contribution in [2.75, 3.05) is 13.2 Å². The molecule has 0 aliphatic carbocycles. The minimum atomic E-state index is -0.0802. The Labute approximate surface area is 123 Å². The van der Waals surface area contributed by atoms with Gasteiger partial charge < -0.3 is 15.0 Å². The summed E-state index contributed by atoms with van der Waals surface area (Å²) in [5, 5.41) is 9.62. The first kappa shape index (κ1) is 14.6. The Kier molecular flexibility index (Phi) is 5.21. The molecule has 2 rings (SSSR count). The molecule has 0 spiro atoms. The number of H-pyrrole nitrogens is 1. The van der Waals surface area contributed by atoms with Crippen LogP contribution in [0.15, 0.2) is 42.6 Å². The number of nitrogens with zero attached hydrogens (tertiary/aromatic N) is 1. The van der Waals surface area contributed by atoms with E-state index in [-0.39, 0.29) is 12.5 Å². The Hall–Kier alpha value is -1.78. The maximum atomic E-state index is 12.4. The van der Waals surface area contributed by atoms with Gasteiger partial charge in [0.05, 0.1) is 0 Å². The summed E-state index contributed by atoms with van der Waals surface area (Å²) in [6, 6.07) is 11.0. The SMILES string of the molecule is O=C(c1ccc[nH]1)N(CCCO)Cc1cccc(Cl)c1. The lowest BCUT2D eigenvalue weighted by Crippen LogP contribution is -2.32. The molecule has 0 radical (unpaired) electrons. The van der Waals surface area contributed by atoms with E-state index < -0.39 is 0 Å². The standard InChI is InChI=1S/C15H17ClN2O2/c16-13-5-1-4-12(10-13)11-18(8-3-9-19)15(20)14-6-2-7-17-14/h1-2,4-7,10,17,19H,3,8-9,11H2. The van der Waals surface area contributed by atoms with Gasteiger partial charge in [-0.2, -0.15) is 0 Å². The fourth-order valence-electron chi connectivity index (χ4n) is 2.00. The van der Waals surface area contributed by atoms with Gasteiger partial charge in [0.15, 0.2) is 0 Å². The first-order valence-electron chi connectivity index (χ1n) is 6.48. The van der Waals surface area contributed by atoms with E-state index in [0.29, 0.717) is 30.2 Å². The summed E-state index contributed by atoms with van der Waals surface area (Å²) in [5.74, 6) is -0.0802. The number of rotatable bonds is 6. The number of carbonyl (C=O) groups excluding carboxylic acids is 1. The molecule has 0 saturated carbocycles. The number of aliphatic hydroxyl groups is 1. The number of aromatic amines is 1. The molecule has 1 heterocycles. The molecule has 0 aliphatic heterocycles. The van der Waals surface area contributed by atoms with Crippen LogP contribution in [0.1, 0.15) is 22.5 Å². The highest BCUT2D eigenvalue weighted by atomic mass is 35.5.